The van der Waals surface area contributed by atoms with Gasteiger partial charge in [0.15, 0.2) is 0 Å². The van der Waals surface area contributed by atoms with Gasteiger partial charge in [0.25, 0.3) is 0 Å². The van der Waals surface area contributed by atoms with E-state index in [0.717, 1.165) is 25.7 Å². The zero-order valence-electron chi connectivity index (χ0n) is 9.87. The minimum Gasteiger partial charge on any atom is -0.377 e. The Hall–Kier alpha value is -0.120. The number of hydrogen-bond donors (Lipinski definition) is 1. The van der Waals surface area contributed by atoms with Gasteiger partial charge in [-0.3, -0.25) is 4.90 Å². The lowest BCUT2D eigenvalue weighted by molar-refractivity contribution is 0.00635. The average molecular weight is 212 g/mol. The summed E-state index contributed by atoms with van der Waals surface area (Å²) in [4.78, 5) is 2.54. The lowest BCUT2D eigenvalue weighted by Gasteiger charge is -2.32. The molecule has 0 spiro atoms. The van der Waals surface area contributed by atoms with Crippen LogP contribution in [0.15, 0.2) is 0 Å². The van der Waals surface area contributed by atoms with Crippen LogP contribution in [0.25, 0.3) is 0 Å². The van der Waals surface area contributed by atoms with Crippen molar-refractivity contribution in [2.75, 3.05) is 32.8 Å². The third kappa shape index (κ3) is 4.09. The Morgan fingerprint density at radius 1 is 1.33 bits per heavy atom. The maximum absolute atomic E-state index is 5.69. The Bertz CT molecular complexity index is 180. The van der Waals surface area contributed by atoms with E-state index in [1.165, 1.54) is 38.8 Å². The van der Waals surface area contributed by atoms with E-state index < -0.39 is 0 Å². The van der Waals surface area contributed by atoms with Gasteiger partial charge in [0.1, 0.15) is 0 Å². The van der Waals surface area contributed by atoms with E-state index in [-0.39, 0.29) is 0 Å². The molecular weight excluding hydrogens is 188 g/mol. The minimum absolute atomic E-state index is 0.490. The first-order chi connectivity index (χ1) is 7.38. The maximum Gasteiger partial charge on any atom is 0.0702 e. The van der Waals surface area contributed by atoms with Gasteiger partial charge in [0.2, 0.25) is 0 Å². The number of hydrogen-bond acceptors (Lipinski definition) is 3. The van der Waals surface area contributed by atoms with Crippen LogP contribution in [0.2, 0.25) is 0 Å². The van der Waals surface area contributed by atoms with Crippen molar-refractivity contribution in [2.45, 2.75) is 44.8 Å². The molecule has 1 aliphatic carbocycles. The molecule has 1 unspecified atom stereocenters. The van der Waals surface area contributed by atoms with Gasteiger partial charge in [-0.15, -0.1) is 0 Å². The van der Waals surface area contributed by atoms with Gasteiger partial charge in [-0.25, -0.2) is 0 Å². The first kappa shape index (κ1) is 11.4. The molecule has 0 bridgehead atoms. The molecule has 1 N–H and O–H groups in total. The van der Waals surface area contributed by atoms with Gasteiger partial charge in [-0.1, -0.05) is 0 Å². The minimum atomic E-state index is 0.490. The van der Waals surface area contributed by atoms with Gasteiger partial charge in [-0.2, -0.15) is 0 Å². The van der Waals surface area contributed by atoms with Gasteiger partial charge in [0, 0.05) is 32.3 Å². The van der Waals surface area contributed by atoms with Crippen molar-refractivity contribution in [1.82, 2.24) is 10.2 Å². The quantitative estimate of drug-likeness (QED) is 0.717. The van der Waals surface area contributed by atoms with E-state index in [2.05, 4.69) is 17.1 Å². The number of nitrogens with zero attached hydrogens (tertiary/aromatic N) is 1. The second-order valence-corrected chi connectivity index (χ2v) is 4.75. The Labute approximate surface area is 93.2 Å². The SMILES string of the molecule is CCOC1CCCN(CCNC2CC2)C1. The molecule has 0 aromatic carbocycles. The molecule has 15 heavy (non-hydrogen) atoms. The number of piperidine rings is 1. The average Bonchev–Trinajstić information content (AvgIpc) is 3.03. The van der Waals surface area contributed by atoms with Crippen LogP contribution in [0.1, 0.15) is 32.6 Å². The largest absolute Gasteiger partial charge is 0.377 e. The number of likely N-dealkylation sites (tertiary alicyclic amines) is 1. The number of ether oxygens (including phenoxy) is 1. The predicted molar refractivity (Wildman–Crippen MR) is 62.1 cm³/mol. The summed E-state index contributed by atoms with van der Waals surface area (Å²) in [5.41, 5.74) is 0. The molecule has 88 valence electrons. The summed E-state index contributed by atoms with van der Waals surface area (Å²) in [5, 5.41) is 3.57. The van der Waals surface area contributed by atoms with Crippen molar-refractivity contribution in [2.24, 2.45) is 0 Å². The highest BCUT2D eigenvalue weighted by Crippen LogP contribution is 2.18. The molecular formula is C12H24N2O. The molecule has 1 saturated carbocycles. The van der Waals surface area contributed by atoms with Gasteiger partial charge in [0.05, 0.1) is 6.10 Å². The molecule has 0 aromatic heterocycles. The van der Waals surface area contributed by atoms with Crippen molar-refractivity contribution >= 4 is 0 Å². The van der Waals surface area contributed by atoms with E-state index >= 15 is 0 Å². The van der Waals surface area contributed by atoms with Crippen LogP contribution in [-0.2, 0) is 4.74 Å². The Balaban J connectivity index is 1.58. The summed E-state index contributed by atoms with van der Waals surface area (Å²) in [6, 6.07) is 0.845. The molecule has 0 amide bonds. The van der Waals surface area contributed by atoms with Crippen LogP contribution in [-0.4, -0.2) is 49.8 Å². The highest BCUT2D eigenvalue weighted by Gasteiger charge is 2.22. The van der Waals surface area contributed by atoms with Crippen LogP contribution in [0.3, 0.4) is 0 Å². The highest BCUT2D eigenvalue weighted by molar-refractivity contribution is 4.81. The van der Waals surface area contributed by atoms with E-state index in [4.69, 9.17) is 4.74 Å². The summed E-state index contributed by atoms with van der Waals surface area (Å²) in [6.45, 7) is 7.70. The molecule has 1 heterocycles. The van der Waals surface area contributed by atoms with Crippen molar-refractivity contribution in [3.63, 3.8) is 0 Å². The predicted octanol–water partition coefficient (Wildman–Crippen LogP) is 1.24. The molecule has 3 heteroatoms. The highest BCUT2D eigenvalue weighted by atomic mass is 16.5. The second kappa shape index (κ2) is 5.83. The maximum atomic E-state index is 5.69. The zero-order chi connectivity index (χ0) is 10.5. The normalized spacial score (nSPS) is 28.2. The Morgan fingerprint density at radius 3 is 2.93 bits per heavy atom. The summed E-state index contributed by atoms with van der Waals surface area (Å²) < 4.78 is 5.69. The standard InChI is InChI=1S/C12H24N2O/c1-2-15-12-4-3-8-14(10-12)9-7-13-11-5-6-11/h11-13H,2-10H2,1H3. The first-order valence-electron chi connectivity index (χ1n) is 6.46. The van der Waals surface area contributed by atoms with E-state index in [1.54, 1.807) is 0 Å². The summed E-state index contributed by atoms with van der Waals surface area (Å²) >= 11 is 0. The Morgan fingerprint density at radius 2 is 2.20 bits per heavy atom. The van der Waals surface area contributed by atoms with Gasteiger partial charge >= 0.3 is 0 Å². The third-order valence-corrected chi connectivity index (χ3v) is 3.30. The molecule has 0 radical (unpaired) electrons. The van der Waals surface area contributed by atoms with Crippen LogP contribution >= 0.6 is 0 Å². The van der Waals surface area contributed by atoms with Crippen LogP contribution in [0, 0.1) is 0 Å². The third-order valence-electron chi connectivity index (χ3n) is 3.30. The van der Waals surface area contributed by atoms with Crippen molar-refractivity contribution in [1.29, 1.82) is 0 Å². The molecule has 2 rings (SSSR count). The van der Waals surface area contributed by atoms with Crippen molar-refractivity contribution < 1.29 is 4.74 Å². The second-order valence-electron chi connectivity index (χ2n) is 4.75. The van der Waals surface area contributed by atoms with Gasteiger partial charge in [-0.05, 0) is 39.2 Å². The van der Waals surface area contributed by atoms with Crippen molar-refractivity contribution in [3.8, 4) is 0 Å². The smallest absolute Gasteiger partial charge is 0.0702 e. The fourth-order valence-corrected chi connectivity index (χ4v) is 2.30. The summed E-state index contributed by atoms with van der Waals surface area (Å²) in [6.07, 6.45) is 5.82. The summed E-state index contributed by atoms with van der Waals surface area (Å²) in [7, 11) is 0. The lowest BCUT2D eigenvalue weighted by Crippen LogP contribution is -2.42. The zero-order valence-corrected chi connectivity index (χ0v) is 9.87. The number of nitrogens with one attached hydrogen (secondary N) is 1. The lowest BCUT2D eigenvalue weighted by atomic mass is 10.1. The molecule has 1 aliphatic heterocycles. The van der Waals surface area contributed by atoms with Crippen LogP contribution in [0.5, 0.6) is 0 Å². The van der Waals surface area contributed by atoms with Crippen molar-refractivity contribution in [3.05, 3.63) is 0 Å². The number of rotatable bonds is 6. The Kier molecular flexibility index (Phi) is 4.42. The summed E-state index contributed by atoms with van der Waals surface area (Å²) in [5.74, 6) is 0. The van der Waals surface area contributed by atoms with E-state index in [0.29, 0.717) is 6.10 Å². The monoisotopic (exact) mass is 212 g/mol. The fourth-order valence-electron chi connectivity index (χ4n) is 2.30. The van der Waals surface area contributed by atoms with E-state index in [9.17, 15) is 0 Å². The van der Waals surface area contributed by atoms with Crippen LogP contribution in [0.4, 0.5) is 0 Å². The van der Waals surface area contributed by atoms with Gasteiger partial charge < -0.3 is 10.1 Å². The molecule has 1 atom stereocenters. The molecule has 0 aromatic rings. The first-order valence-corrected chi connectivity index (χ1v) is 6.46. The molecule has 2 aliphatic rings. The molecule has 3 nitrogen and oxygen atoms in total. The fraction of sp³-hybridized carbons (Fsp3) is 1.00. The molecule has 1 saturated heterocycles. The van der Waals surface area contributed by atoms with E-state index in [1.807, 2.05) is 0 Å². The van der Waals surface area contributed by atoms with Crippen LogP contribution < -0.4 is 5.32 Å². The molecule has 2 fully saturated rings. The topological polar surface area (TPSA) is 24.5 Å².